The molecule has 0 bridgehead atoms. The van der Waals surface area contributed by atoms with Crippen LogP contribution in [0.5, 0.6) is 0 Å². The Hall–Kier alpha value is -0.660. The van der Waals surface area contributed by atoms with E-state index in [1.807, 2.05) is 6.26 Å². The first-order valence-corrected chi connectivity index (χ1v) is 8.96. The fourth-order valence-corrected chi connectivity index (χ4v) is 4.29. The van der Waals surface area contributed by atoms with Crippen molar-refractivity contribution in [2.45, 2.75) is 37.1 Å². The van der Waals surface area contributed by atoms with E-state index in [0.717, 1.165) is 17.7 Å². The molecule has 4 nitrogen and oxygen atoms in total. The third kappa shape index (κ3) is 2.39. The second-order valence-corrected chi connectivity index (χ2v) is 7.64. The summed E-state index contributed by atoms with van der Waals surface area (Å²) < 4.78 is 14.0. The van der Waals surface area contributed by atoms with Crippen molar-refractivity contribution < 1.29 is 9.18 Å². The number of piperidine rings is 1. The summed E-state index contributed by atoms with van der Waals surface area (Å²) in [6, 6.07) is 1.38. The predicted molar refractivity (Wildman–Crippen MR) is 84.5 cm³/mol. The van der Waals surface area contributed by atoms with Gasteiger partial charge in [-0.25, -0.2) is 9.37 Å². The Kier molecular flexibility index (Phi) is 3.78. The van der Waals surface area contributed by atoms with E-state index in [2.05, 4.69) is 33.2 Å². The van der Waals surface area contributed by atoms with E-state index in [1.54, 1.807) is 11.8 Å². The smallest absolute Gasteiger partial charge is 0.235 e. The van der Waals surface area contributed by atoms with Crippen molar-refractivity contribution >= 4 is 33.6 Å². The van der Waals surface area contributed by atoms with Crippen LogP contribution in [0.15, 0.2) is 10.7 Å². The summed E-state index contributed by atoms with van der Waals surface area (Å²) in [6.07, 6.45) is 2.96. The Morgan fingerprint density at radius 3 is 3.05 bits per heavy atom. The van der Waals surface area contributed by atoms with Crippen LogP contribution in [-0.4, -0.2) is 29.2 Å². The minimum absolute atomic E-state index is 0.0167. The van der Waals surface area contributed by atoms with E-state index in [1.165, 1.54) is 6.07 Å². The number of hydrogen-bond acceptors (Lipinski definition) is 4. The molecule has 1 unspecified atom stereocenters. The summed E-state index contributed by atoms with van der Waals surface area (Å²) in [5, 5.41) is 3.29. The summed E-state index contributed by atoms with van der Waals surface area (Å²) in [5.41, 5.74) is 7.15. The zero-order valence-corrected chi connectivity index (χ0v) is 14.2. The van der Waals surface area contributed by atoms with E-state index in [9.17, 15) is 9.18 Å². The van der Waals surface area contributed by atoms with Gasteiger partial charge in [0.15, 0.2) is 5.82 Å². The number of nitrogens with two attached hydrogens (primary N) is 1. The number of halogens is 2. The van der Waals surface area contributed by atoms with Crippen LogP contribution in [0.1, 0.15) is 30.5 Å². The molecule has 1 aromatic heterocycles. The molecule has 1 aliphatic heterocycles. The van der Waals surface area contributed by atoms with E-state index in [4.69, 9.17) is 5.73 Å². The highest BCUT2D eigenvalue weighted by molar-refractivity contribution is 9.10. The molecular weight excluding hydrogens is 357 g/mol. The van der Waals surface area contributed by atoms with Crippen molar-refractivity contribution in [3.05, 3.63) is 27.7 Å². The van der Waals surface area contributed by atoms with Gasteiger partial charge in [-0.3, -0.25) is 4.79 Å². The van der Waals surface area contributed by atoms with Crippen molar-refractivity contribution in [3.8, 4) is 0 Å². The highest BCUT2D eigenvalue weighted by atomic mass is 79.9. The maximum Gasteiger partial charge on any atom is 0.235 e. The summed E-state index contributed by atoms with van der Waals surface area (Å²) in [5.74, 6) is -0.179. The molecule has 0 radical (unpaired) electrons. The normalized spacial score (nSPS) is 33.8. The van der Waals surface area contributed by atoms with Gasteiger partial charge in [0.2, 0.25) is 5.91 Å². The van der Waals surface area contributed by atoms with Gasteiger partial charge in [-0.1, -0.05) is 6.92 Å². The van der Waals surface area contributed by atoms with Gasteiger partial charge < -0.3 is 11.1 Å². The Labute approximate surface area is 135 Å². The van der Waals surface area contributed by atoms with Crippen LogP contribution in [0, 0.1) is 11.2 Å². The number of nitrogens with one attached hydrogen (secondary N) is 1. The molecule has 1 aliphatic carbocycles. The number of pyridine rings is 1. The maximum atomic E-state index is 13.8. The van der Waals surface area contributed by atoms with Crippen molar-refractivity contribution in [2.75, 3.05) is 6.26 Å². The molecule has 114 valence electrons. The number of aromatic nitrogens is 1. The number of carbonyl (C=O) groups excluding carboxylic acids is 1. The fourth-order valence-electron chi connectivity index (χ4n) is 3.44. The Bertz CT molecular complexity index is 614. The molecule has 4 atom stereocenters. The van der Waals surface area contributed by atoms with Gasteiger partial charge in [0.05, 0.1) is 11.7 Å². The fraction of sp³-hybridized carbons (Fsp3) is 0.571. The average molecular weight is 374 g/mol. The number of hydrogen-bond donors (Lipinski definition) is 2. The number of thioether (sulfide) groups is 1. The van der Waals surface area contributed by atoms with Gasteiger partial charge in [0.1, 0.15) is 4.60 Å². The Morgan fingerprint density at radius 1 is 1.71 bits per heavy atom. The number of nitrogens with zero attached hydrogens (tertiary/aromatic N) is 1. The lowest BCUT2D eigenvalue weighted by Gasteiger charge is -2.26. The highest BCUT2D eigenvalue weighted by Crippen LogP contribution is 2.61. The van der Waals surface area contributed by atoms with E-state index in [0.29, 0.717) is 11.8 Å². The summed E-state index contributed by atoms with van der Waals surface area (Å²) in [7, 11) is 0. The predicted octanol–water partition coefficient (Wildman–Crippen LogP) is 2.17. The number of carbonyl (C=O) groups is 1. The van der Waals surface area contributed by atoms with Gasteiger partial charge in [-0.05, 0) is 45.7 Å². The molecule has 3 N–H and O–H groups in total. The molecule has 1 aromatic rings. The van der Waals surface area contributed by atoms with Crippen molar-refractivity contribution in [3.63, 3.8) is 0 Å². The first kappa shape index (κ1) is 15.2. The van der Waals surface area contributed by atoms with Gasteiger partial charge in [-0.2, -0.15) is 11.8 Å². The van der Waals surface area contributed by atoms with Gasteiger partial charge in [0.25, 0.3) is 0 Å². The second kappa shape index (κ2) is 5.21. The Balaban J connectivity index is 2.09. The first-order chi connectivity index (χ1) is 9.88. The molecule has 2 heterocycles. The lowest BCUT2D eigenvalue weighted by molar-refractivity contribution is -0.120. The third-order valence-corrected chi connectivity index (χ3v) is 5.81. The van der Waals surface area contributed by atoms with Crippen LogP contribution in [0.3, 0.4) is 0 Å². The van der Waals surface area contributed by atoms with Gasteiger partial charge in [-0.15, -0.1) is 0 Å². The molecule has 21 heavy (non-hydrogen) atoms. The van der Waals surface area contributed by atoms with E-state index < -0.39 is 6.04 Å². The topological polar surface area (TPSA) is 68.0 Å². The molecule has 0 aromatic carbocycles. The molecule has 2 aliphatic rings. The number of rotatable bonds is 4. The van der Waals surface area contributed by atoms with E-state index in [-0.39, 0.29) is 27.7 Å². The Morgan fingerprint density at radius 2 is 2.43 bits per heavy atom. The third-order valence-electron chi connectivity index (χ3n) is 4.65. The molecule has 3 rings (SSSR count). The van der Waals surface area contributed by atoms with E-state index >= 15 is 0 Å². The molecule has 7 heteroatoms. The van der Waals surface area contributed by atoms with Crippen molar-refractivity contribution in [1.29, 1.82) is 0 Å². The van der Waals surface area contributed by atoms with Crippen LogP contribution in [0.25, 0.3) is 0 Å². The molecule has 0 spiro atoms. The summed E-state index contributed by atoms with van der Waals surface area (Å²) >= 11 is 4.76. The number of amides is 1. The molecule has 1 amide bonds. The average Bonchev–Trinajstić information content (AvgIpc) is 2.97. The maximum absolute atomic E-state index is 13.8. The minimum Gasteiger partial charge on any atom is -0.368 e. The van der Waals surface area contributed by atoms with Crippen LogP contribution < -0.4 is 11.1 Å². The standard InChI is InChI=1S/C14H17BrFN3OS/c1-14-4-8(14)18-11(13(17)20)9(14)10-6(5-21-2)3-7(16)12(15)19-10/h3,8-9,11,18H,4-5H2,1-2H3,(H2,17,20)/t8-,9+,11?,14+/m1/s1. The lowest BCUT2D eigenvalue weighted by atomic mass is 9.82. The zero-order chi connectivity index (χ0) is 15.4. The number of primary amides is 1. The van der Waals surface area contributed by atoms with Crippen molar-refractivity contribution in [2.24, 2.45) is 11.1 Å². The first-order valence-electron chi connectivity index (χ1n) is 6.77. The largest absolute Gasteiger partial charge is 0.368 e. The SMILES string of the molecule is CSCc1cc(F)c(Br)nc1[C@H]1C(C(N)=O)N[C@@H]2C[C@@]21C. The summed E-state index contributed by atoms with van der Waals surface area (Å²) in [4.78, 5) is 16.2. The molecular formula is C14H17BrFN3OS. The molecule has 1 saturated heterocycles. The second-order valence-electron chi connectivity index (χ2n) is 6.03. The quantitative estimate of drug-likeness (QED) is 0.793. The van der Waals surface area contributed by atoms with Crippen LogP contribution >= 0.6 is 27.7 Å². The zero-order valence-electron chi connectivity index (χ0n) is 11.8. The number of fused-ring (bicyclic) bond motifs is 1. The molecule has 1 saturated carbocycles. The van der Waals surface area contributed by atoms with Crippen LogP contribution in [0.2, 0.25) is 0 Å². The van der Waals surface area contributed by atoms with Gasteiger partial charge >= 0.3 is 0 Å². The minimum atomic E-state index is -0.431. The van der Waals surface area contributed by atoms with Crippen LogP contribution in [-0.2, 0) is 10.5 Å². The molecule has 2 fully saturated rings. The van der Waals surface area contributed by atoms with Crippen LogP contribution in [0.4, 0.5) is 4.39 Å². The highest BCUT2D eigenvalue weighted by Gasteiger charge is 2.65. The lowest BCUT2D eigenvalue weighted by Crippen LogP contribution is -2.43. The van der Waals surface area contributed by atoms with Gasteiger partial charge in [0, 0.05) is 17.7 Å². The summed E-state index contributed by atoms with van der Waals surface area (Å²) in [6.45, 7) is 2.14. The van der Waals surface area contributed by atoms with Crippen molar-refractivity contribution in [1.82, 2.24) is 10.3 Å². The monoisotopic (exact) mass is 373 g/mol.